The smallest absolute Gasteiger partial charge is 0.271 e. The Labute approximate surface area is 216 Å². The number of benzene rings is 1. The molecular weight excluding hydrogens is 560 g/mol. The minimum absolute atomic E-state index is 0.0577. The Bertz CT molecular complexity index is 1370. The van der Waals surface area contributed by atoms with E-state index in [9.17, 15) is 22.8 Å². The summed E-state index contributed by atoms with van der Waals surface area (Å²) in [4.78, 5) is 40.9. The van der Waals surface area contributed by atoms with Crippen LogP contribution in [0.3, 0.4) is 0 Å². The van der Waals surface area contributed by atoms with E-state index in [4.69, 9.17) is 11.6 Å². The normalized spacial score (nSPS) is 20.5. The molecule has 0 radical (unpaired) electrons. The highest BCUT2D eigenvalue weighted by Gasteiger charge is 2.55. The van der Waals surface area contributed by atoms with Crippen molar-refractivity contribution in [1.29, 1.82) is 0 Å². The minimum atomic E-state index is -3.29. The average Bonchev–Trinajstić information content (AvgIpc) is 3.50. The Morgan fingerprint density at radius 1 is 1.11 bits per heavy atom. The van der Waals surface area contributed by atoms with Gasteiger partial charge in [0, 0.05) is 42.2 Å². The first kappa shape index (κ1) is 24.5. The van der Waals surface area contributed by atoms with E-state index in [0.717, 1.165) is 18.4 Å². The molecule has 0 unspecified atom stereocenters. The second kappa shape index (κ2) is 9.02. The average molecular weight is 584 g/mol. The number of carbonyl (C=O) groups is 2. The van der Waals surface area contributed by atoms with E-state index in [2.05, 4.69) is 21.2 Å². The quantitative estimate of drug-likeness (QED) is 0.561. The zero-order valence-electron chi connectivity index (χ0n) is 18.8. The zero-order valence-corrected chi connectivity index (χ0v) is 22.0. The zero-order chi connectivity index (χ0) is 25.0. The molecule has 12 heteroatoms. The van der Waals surface area contributed by atoms with E-state index in [-0.39, 0.29) is 42.6 Å². The number of rotatable bonds is 6. The summed E-state index contributed by atoms with van der Waals surface area (Å²) in [5.74, 6) is -0.738. The van der Waals surface area contributed by atoms with Gasteiger partial charge in [-0.15, -0.1) is 0 Å². The standard InChI is InChI=1S/C23H24BrClN4O5S/c24-18-12-17(20(30)26-13-15-2-4-16(25)5-3-15)21(31)28-10-9-27(22(32)19(18)28)14-23(6-7-23)29-8-1-11-35(29,33)34/h2-5,12H,1,6-11,13-14H2,(H,26,30). The molecule has 1 aromatic heterocycles. The Kier molecular flexibility index (Phi) is 6.31. The van der Waals surface area contributed by atoms with Gasteiger partial charge in [-0.25, -0.2) is 8.42 Å². The molecule has 2 aromatic rings. The largest absolute Gasteiger partial charge is 0.348 e. The van der Waals surface area contributed by atoms with Crippen LogP contribution >= 0.6 is 27.5 Å². The van der Waals surface area contributed by atoms with Gasteiger partial charge >= 0.3 is 0 Å². The second-order valence-electron chi connectivity index (χ2n) is 9.21. The van der Waals surface area contributed by atoms with Crippen LogP contribution in [0.1, 0.15) is 45.7 Å². The molecule has 0 atom stereocenters. The Morgan fingerprint density at radius 3 is 2.46 bits per heavy atom. The summed E-state index contributed by atoms with van der Waals surface area (Å²) in [6.45, 7) is 1.50. The SMILES string of the molecule is O=C(NCc1ccc(Cl)cc1)c1cc(Br)c2n(c1=O)CCN(CC1(N3CCCS3(=O)=O)CC1)C2=O. The molecule has 9 nitrogen and oxygen atoms in total. The van der Waals surface area contributed by atoms with Crippen molar-refractivity contribution in [2.45, 2.75) is 37.9 Å². The lowest BCUT2D eigenvalue weighted by Crippen LogP contribution is -2.53. The monoisotopic (exact) mass is 582 g/mol. The number of aromatic nitrogens is 1. The Hall–Kier alpha value is -2.21. The molecule has 1 aromatic carbocycles. The van der Waals surface area contributed by atoms with Crippen molar-refractivity contribution < 1.29 is 18.0 Å². The molecule has 186 valence electrons. The van der Waals surface area contributed by atoms with Crippen molar-refractivity contribution in [3.63, 3.8) is 0 Å². The molecule has 1 saturated carbocycles. The number of hydrogen-bond acceptors (Lipinski definition) is 5. The summed E-state index contributed by atoms with van der Waals surface area (Å²) >= 11 is 9.26. The van der Waals surface area contributed by atoms with Crippen LogP contribution < -0.4 is 10.9 Å². The first-order valence-electron chi connectivity index (χ1n) is 11.4. The third-order valence-electron chi connectivity index (χ3n) is 6.88. The molecule has 2 fully saturated rings. The fraction of sp³-hybridized carbons (Fsp3) is 0.435. The van der Waals surface area contributed by atoms with Crippen LogP contribution in [0.15, 0.2) is 39.6 Å². The highest BCUT2D eigenvalue weighted by atomic mass is 79.9. The number of pyridine rings is 1. The molecule has 2 aliphatic heterocycles. The number of halogens is 2. The molecule has 0 spiro atoms. The van der Waals surface area contributed by atoms with Gasteiger partial charge in [-0.1, -0.05) is 23.7 Å². The maximum Gasteiger partial charge on any atom is 0.271 e. The molecule has 1 aliphatic carbocycles. The first-order chi connectivity index (χ1) is 16.6. The third kappa shape index (κ3) is 4.54. The van der Waals surface area contributed by atoms with Crippen LogP contribution in [0.5, 0.6) is 0 Å². The van der Waals surface area contributed by atoms with Gasteiger partial charge in [0.2, 0.25) is 10.0 Å². The fourth-order valence-electron chi connectivity index (χ4n) is 4.89. The summed E-state index contributed by atoms with van der Waals surface area (Å²) in [7, 11) is -3.29. The van der Waals surface area contributed by atoms with Crippen LogP contribution in [0.4, 0.5) is 0 Å². The van der Waals surface area contributed by atoms with E-state index < -0.39 is 27.0 Å². The van der Waals surface area contributed by atoms with E-state index in [1.54, 1.807) is 33.5 Å². The van der Waals surface area contributed by atoms with Gasteiger partial charge in [0.25, 0.3) is 17.4 Å². The number of sulfonamides is 1. The Morgan fingerprint density at radius 2 is 1.83 bits per heavy atom. The summed E-state index contributed by atoms with van der Waals surface area (Å²) < 4.78 is 28.2. The number of nitrogens with zero attached hydrogens (tertiary/aromatic N) is 3. The topological polar surface area (TPSA) is 109 Å². The van der Waals surface area contributed by atoms with Crippen LogP contribution in [-0.4, -0.2) is 64.9 Å². The van der Waals surface area contributed by atoms with E-state index in [1.807, 2.05) is 0 Å². The molecule has 0 bridgehead atoms. The molecule has 1 saturated heterocycles. The van der Waals surface area contributed by atoms with Gasteiger partial charge in [-0.2, -0.15) is 4.31 Å². The third-order valence-corrected chi connectivity index (χ3v) is 9.78. The van der Waals surface area contributed by atoms with E-state index in [0.29, 0.717) is 29.0 Å². The fourth-order valence-corrected chi connectivity index (χ4v) is 7.58. The summed E-state index contributed by atoms with van der Waals surface area (Å²) in [5.41, 5.74) is -0.123. The van der Waals surface area contributed by atoms with Crippen molar-refractivity contribution in [3.8, 4) is 0 Å². The van der Waals surface area contributed by atoms with Gasteiger partial charge in [0.05, 0.1) is 11.3 Å². The number of hydrogen-bond donors (Lipinski definition) is 1. The van der Waals surface area contributed by atoms with Crippen LogP contribution in [-0.2, 0) is 23.1 Å². The Balaban J connectivity index is 1.34. The van der Waals surface area contributed by atoms with Crippen molar-refractivity contribution in [3.05, 3.63) is 67.0 Å². The van der Waals surface area contributed by atoms with Gasteiger partial charge < -0.3 is 14.8 Å². The van der Waals surface area contributed by atoms with Gasteiger partial charge in [0.1, 0.15) is 11.3 Å². The minimum Gasteiger partial charge on any atom is -0.348 e. The lowest BCUT2D eigenvalue weighted by atomic mass is 10.1. The van der Waals surface area contributed by atoms with Crippen molar-refractivity contribution in [2.75, 3.05) is 25.4 Å². The molecule has 3 heterocycles. The molecule has 3 aliphatic rings. The first-order valence-corrected chi connectivity index (χ1v) is 14.2. The van der Waals surface area contributed by atoms with Crippen molar-refractivity contribution in [1.82, 2.24) is 19.1 Å². The van der Waals surface area contributed by atoms with E-state index >= 15 is 0 Å². The second-order valence-corrected chi connectivity index (χ2v) is 12.5. The number of nitrogens with one attached hydrogen (secondary N) is 1. The predicted molar refractivity (Wildman–Crippen MR) is 134 cm³/mol. The van der Waals surface area contributed by atoms with E-state index in [1.165, 1.54) is 10.6 Å². The molecule has 2 amide bonds. The lowest BCUT2D eigenvalue weighted by molar-refractivity contribution is 0.0645. The predicted octanol–water partition coefficient (Wildman–Crippen LogP) is 2.22. The number of fused-ring (bicyclic) bond motifs is 1. The summed E-state index contributed by atoms with van der Waals surface area (Å²) in [5, 5.41) is 3.32. The number of carbonyl (C=O) groups excluding carboxylic acids is 2. The van der Waals surface area contributed by atoms with Crippen LogP contribution in [0.25, 0.3) is 0 Å². The lowest BCUT2D eigenvalue weighted by Gasteiger charge is -2.36. The van der Waals surface area contributed by atoms with Gasteiger partial charge in [0.15, 0.2) is 0 Å². The van der Waals surface area contributed by atoms with Crippen LogP contribution in [0.2, 0.25) is 5.02 Å². The molecule has 5 rings (SSSR count). The maximum atomic E-state index is 13.3. The van der Waals surface area contributed by atoms with Gasteiger partial charge in [-0.05, 0) is 59.0 Å². The van der Waals surface area contributed by atoms with Crippen molar-refractivity contribution in [2.24, 2.45) is 0 Å². The molecular formula is C23H24BrClN4O5S. The molecule has 1 N–H and O–H groups in total. The van der Waals surface area contributed by atoms with Gasteiger partial charge in [-0.3, -0.25) is 14.4 Å². The number of amides is 2. The highest BCUT2D eigenvalue weighted by Crippen LogP contribution is 2.46. The molecule has 35 heavy (non-hydrogen) atoms. The summed E-state index contributed by atoms with van der Waals surface area (Å²) in [6.07, 6.45) is 2.04. The van der Waals surface area contributed by atoms with Crippen LogP contribution in [0, 0.1) is 0 Å². The summed E-state index contributed by atoms with van der Waals surface area (Å²) in [6, 6.07) is 8.38. The maximum absolute atomic E-state index is 13.3. The highest BCUT2D eigenvalue weighted by molar-refractivity contribution is 9.10. The van der Waals surface area contributed by atoms with Crippen molar-refractivity contribution >= 4 is 49.4 Å².